The van der Waals surface area contributed by atoms with Crippen molar-refractivity contribution in [1.82, 2.24) is 14.8 Å². The number of nitrogens with one attached hydrogen (secondary N) is 1. The summed E-state index contributed by atoms with van der Waals surface area (Å²) in [6.45, 7) is 4.71. The molecule has 0 spiro atoms. The van der Waals surface area contributed by atoms with E-state index >= 15 is 0 Å². The van der Waals surface area contributed by atoms with Crippen LogP contribution in [0.2, 0.25) is 0 Å². The number of benzene rings is 1. The molecule has 0 radical (unpaired) electrons. The van der Waals surface area contributed by atoms with Gasteiger partial charge in [0.15, 0.2) is 0 Å². The molecule has 100 valence electrons. The lowest BCUT2D eigenvalue weighted by molar-refractivity contribution is 0.0574. The van der Waals surface area contributed by atoms with Gasteiger partial charge in [-0.25, -0.2) is 0 Å². The van der Waals surface area contributed by atoms with E-state index in [1.54, 1.807) is 0 Å². The monoisotopic (exact) mass is 257 g/mol. The van der Waals surface area contributed by atoms with E-state index in [2.05, 4.69) is 23.9 Å². The molecule has 19 heavy (non-hydrogen) atoms. The highest BCUT2D eigenvalue weighted by Crippen LogP contribution is 2.20. The molecule has 2 heterocycles. The molecular weight excluding hydrogens is 238 g/mol. The van der Waals surface area contributed by atoms with Crippen molar-refractivity contribution in [3.8, 4) is 0 Å². The van der Waals surface area contributed by atoms with Crippen LogP contribution in [0.25, 0.3) is 10.9 Å². The zero-order valence-corrected chi connectivity index (χ0v) is 11.4. The molecule has 0 bridgehead atoms. The molecule has 1 fully saturated rings. The maximum absolute atomic E-state index is 12.6. The Hall–Kier alpha value is -1.81. The number of amides is 1. The lowest BCUT2D eigenvalue weighted by atomic mass is 10.1. The fourth-order valence-corrected chi connectivity index (χ4v) is 2.65. The number of carbonyl (C=O) groups is 1. The first kappa shape index (κ1) is 12.2. The third kappa shape index (κ3) is 2.12. The van der Waals surface area contributed by atoms with Crippen LogP contribution in [0.4, 0.5) is 0 Å². The molecule has 1 aromatic heterocycles. The molecule has 1 N–H and O–H groups in total. The van der Waals surface area contributed by atoms with Crippen molar-refractivity contribution in [1.29, 1.82) is 0 Å². The van der Waals surface area contributed by atoms with Crippen LogP contribution in [0, 0.1) is 0 Å². The van der Waals surface area contributed by atoms with Gasteiger partial charge in [-0.15, -0.1) is 0 Å². The van der Waals surface area contributed by atoms with Gasteiger partial charge in [0.05, 0.1) is 5.56 Å². The topological polar surface area (TPSA) is 39.3 Å². The second kappa shape index (κ2) is 4.70. The number of piperazine rings is 1. The fourth-order valence-electron chi connectivity index (χ4n) is 2.65. The summed E-state index contributed by atoms with van der Waals surface area (Å²) in [7, 11) is 2.11. The van der Waals surface area contributed by atoms with Crippen molar-refractivity contribution >= 4 is 16.8 Å². The maximum atomic E-state index is 12.6. The minimum absolute atomic E-state index is 0.136. The molecule has 4 heteroatoms. The lowest BCUT2D eigenvalue weighted by Crippen LogP contribution is -2.51. The first-order valence-electron chi connectivity index (χ1n) is 6.72. The minimum Gasteiger partial charge on any atom is -0.360 e. The summed E-state index contributed by atoms with van der Waals surface area (Å²) in [5.74, 6) is 0.136. The summed E-state index contributed by atoms with van der Waals surface area (Å²) in [5.41, 5.74) is 1.81. The van der Waals surface area contributed by atoms with Crippen LogP contribution in [0.5, 0.6) is 0 Å². The average molecular weight is 257 g/mol. The number of carbonyl (C=O) groups excluding carboxylic acids is 1. The Morgan fingerprint density at radius 3 is 2.89 bits per heavy atom. The van der Waals surface area contributed by atoms with Gasteiger partial charge in [0.1, 0.15) is 0 Å². The van der Waals surface area contributed by atoms with Gasteiger partial charge in [0.2, 0.25) is 0 Å². The molecule has 0 saturated carbocycles. The Labute approximate surface area is 113 Å². The van der Waals surface area contributed by atoms with Gasteiger partial charge in [0.25, 0.3) is 5.91 Å². The number of fused-ring (bicyclic) bond motifs is 1. The summed E-state index contributed by atoms with van der Waals surface area (Å²) in [4.78, 5) is 20.0. The molecule has 1 aromatic carbocycles. The maximum Gasteiger partial charge on any atom is 0.256 e. The van der Waals surface area contributed by atoms with Gasteiger partial charge in [-0.1, -0.05) is 18.2 Å². The predicted octanol–water partition coefficient (Wildman–Crippen LogP) is 1.94. The molecule has 1 saturated heterocycles. The van der Waals surface area contributed by atoms with E-state index in [-0.39, 0.29) is 5.91 Å². The number of aromatic nitrogens is 1. The van der Waals surface area contributed by atoms with Crippen LogP contribution in [0.1, 0.15) is 17.3 Å². The minimum atomic E-state index is 0.136. The molecule has 1 aliphatic rings. The number of rotatable bonds is 1. The molecule has 1 amide bonds. The van der Waals surface area contributed by atoms with Gasteiger partial charge in [0, 0.05) is 42.8 Å². The van der Waals surface area contributed by atoms with Crippen molar-refractivity contribution < 1.29 is 4.79 Å². The Kier molecular flexibility index (Phi) is 3.03. The molecule has 1 unspecified atom stereocenters. The van der Waals surface area contributed by atoms with Crippen LogP contribution in [0.3, 0.4) is 0 Å². The number of aromatic amines is 1. The summed E-state index contributed by atoms with van der Waals surface area (Å²) in [6, 6.07) is 8.37. The second-order valence-corrected chi connectivity index (χ2v) is 5.33. The number of hydrogen-bond donors (Lipinski definition) is 1. The van der Waals surface area contributed by atoms with E-state index in [4.69, 9.17) is 0 Å². The third-order valence-corrected chi connectivity index (χ3v) is 4.07. The van der Waals surface area contributed by atoms with E-state index in [1.165, 1.54) is 0 Å². The largest absolute Gasteiger partial charge is 0.360 e. The first-order valence-corrected chi connectivity index (χ1v) is 6.72. The normalized spacial score (nSPS) is 20.9. The zero-order valence-electron chi connectivity index (χ0n) is 11.4. The third-order valence-electron chi connectivity index (χ3n) is 4.07. The van der Waals surface area contributed by atoms with E-state index in [1.807, 2.05) is 35.4 Å². The lowest BCUT2D eigenvalue weighted by Gasteiger charge is -2.37. The first-order chi connectivity index (χ1) is 9.16. The Bertz CT molecular complexity index is 604. The predicted molar refractivity (Wildman–Crippen MR) is 76.3 cm³/mol. The number of likely N-dealkylation sites (N-methyl/N-ethyl adjacent to an activating group) is 1. The Morgan fingerprint density at radius 2 is 2.11 bits per heavy atom. The fraction of sp³-hybridized carbons (Fsp3) is 0.400. The van der Waals surface area contributed by atoms with Crippen LogP contribution in [-0.4, -0.2) is 53.4 Å². The van der Waals surface area contributed by atoms with E-state index in [9.17, 15) is 4.79 Å². The summed E-state index contributed by atoms with van der Waals surface area (Å²) in [6.07, 6.45) is 1.83. The number of H-pyrrole nitrogens is 1. The highest BCUT2D eigenvalue weighted by Gasteiger charge is 2.26. The van der Waals surface area contributed by atoms with Crippen molar-refractivity contribution in [2.75, 3.05) is 26.7 Å². The van der Waals surface area contributed by atoms with Crippen molar-refractivity contribution in [3.63, 3.8) is 0 Å². The highest BCUT2D eigenvalue weighted by atomic mass is 16.2. The molecule has 1 atom stereocenters. The molecule has 0 aliphatic carbocycles. The van der Waals surface area contributed by atoms with Crippen molar-refractivity contribution in [2.45, 2.75) is 13.0 Å². The Balaban J connectivity index is 1.88. The molecule has 2 aromatic rings. The molecule has 1 aliphatic heterocycles. The Morgan fingerprint density at radius 1 is 1.32 bits per heavy atom. The van der Waals surface area contributed by atoms with Gasteiger partial charge < -0.3 is 14.8 Å². The summed E-state index contributed by atoms with van der Waals surface area (Å²) >= 11 is 0. The van der Waals surface area contributed by atoms with Crippen molar-refractivity contribution in [2.24, 2.45) is 0 Å². The quantitative estimate of drug-likeness (QED) is 0.848. The van der Waals surface area contributed by atoms with Crippen LogP contribution < -0.4 is 0 Å². The number of para-hydroxylation sites is 1. The SMILES string of the molecule is CC1CN(C(=O)c2c[nH]c3ccccc23)CCN1C. The van der Waals surface area contributed by atoms with E-state index in [0.717, 1.165) is 36.1 Å². The van der Waals surface area contributed by atoms with Gasteiger partial charge in [-0.3, -0.25) is 4.79 Å². The van der Waals surface area contributed by atoms with Gasteiger partial charge in [-0.05, 0) is 20.0 Å². The summed E-state index contributed by atoms with van der Waals surface area (Å²) < 4.78 is 0. The molecule has 4 nitrogen and oxygen atoms in total. The van der Waals surface area contributed by atoms with E-state index in [0.29, 0.717) is 6.04 Å². The van der Waals surface area contributed by atoms with Crippen LogP contribution in [-0.2, 0) is 0 Å². The highest BCUT2D eigenvalue weighted by molar-refractivity contribution is 6.06. The molecular formula is C15H19N3O. The van der Waals surface area contributed by atoms with Gasteiger partial charge in [-0.2, -0.15) is 0 Å². The standard InChI is InChI=1S/C15H19N3O/c1-11-10-18(8-7-17(11)2)15(19)13-9-16-14-6-4-3-5-12(13)14/h3-6,9,11,16H,7-8,10H2,1-2H3. The number of nitrogens with zero attached hydrogens (tertiary/aromatic N) is 2. The second-order valence-electron chi connectivity index (χ2n) is 5.33. The smallest absolute Gasteiger partial charge is 0.256 e. The average Bonchev–Trinajstić information content (AvgIpc) is 2.85. The van der Waals surface area contributed by atoms with Crippen molar-refractivity contribution in [3.05, 3.63) is 36.0 Å². The van der Waals surface area contributed by atoms with Crippen LogP contribution >= 0.6 is 0 Å². The molecule has 3 rings (SSSR count). The zero-order chi connectivity index (χ0) is 13.4. The van der Waals surface area contributed by atoms with Gasteiger partial charge >= 0.3 is 0 Å². The van der Waals surface area contributed by atoms with Crippen LogP contribution in [0.15, 0.2) is 30.5 Å². The summed E-state index contributed by atoms with van der Waals surface area (Å²) in [5, 5.41) is 1.01. The number of hydrogen-bond acceptors (Lipinski definition) is 2. The van der Waals surface area contributed by atoms with E-state index < -0.39 is 0 Å².